The van der Waals surface area contributed by atoms with Gasteiger partial charge in [0.2, 0.25) is 0 Å². The van der Waals surface area contributed by atoms with Crippen molar-refractivity contribution in [3.8, 4) is 17.1 Å². The molecule has 3 rings (SSSR count). The highest BCUT2D eigenvalue weighted by Crippen LogP contribution is 2.29. The molecule has 0 bridgehead atoms. The molecule has 0 aliphatic carbocycles. The van der Waals surface area contributed by atoms with E-state index in [0.29, 0.717) is 16.9 Å². The summed E-state index contributed by atoms with van der Waals surface area (Å²) < 4.78 is 1.49. The molecule has 0 radical (unpaired) electrons. The number of benzene rings is 1. The molecule has 0 atom stereocenters. The predicted molar refractivity (Wildman–Crippen MR) is 69.1 cm³/mol. The Morgan fingerprint density at radius 3 is 2.79 bits per heavy atom. The number of aromatic hydroxyl groups is 1. The first-order valence-corrected chi connectivity index (χ1v) is 5.64. The molecule has 0 spiro atoms. The number of hydrogen-bond donors (Lipinski definition) is 3. The second-order valence-corrected chi connectivity index (χ2v) is 4.27. The first kappa shape index (κ1) is 11.3. The lowest BCUT2D eigenvalue weighted by molar-refractivity contribution is 0.0689. The molecule has 0 amide bonds. The number of nitrogens with one attached hydrogen (secondary N) is 1. The number of hydrogen-bond acceptors (Lipinski definition) is 3. The molecular weight excluding hydrogens is 246 g/mol. The van der Waals surface area contributed by atoms with Crippen LogP contribution in [0, 0.1) is 0 Å². The van der Waals surface area contributed by atoms with Gasteiger partial charge in [0.15, 0.2) is 5.69 Å². The number of fused-ring (bicyclic) bond motifs is 1. The molecule has 0 unspecified atom stereocenters. The molecule has 2 aromatic heterocycles. The highest BCUT2D eigenvalue weighted by Gasteiger charge is 2.14. The number of phenolic OH excluding ortho intramolecular Hbond substituents is 1. The van der Waals surface area contributed by atoms with Crippen molar-refractivity contribution in [2.24, 2.45) is 7.05 Å². The number of carbonyl (C=O) groups is 1. The minimum absolute atomic E-state index is 0.0135. The lowest BCUT2D eigenvalue weighted by Gasteiger charge is -1.97. The summed E-state index contributed by atoms with van der Waals surface area (Å²) in [4.78, 5) is 14.0. The summed E-state index contributed by atoms with van der Waals surface area (Å²) in [5.41, 5.74) is 1.96. The van der Waals surface area contributed by atoms with Crippen molar-refractivity contribution >= 4 is 16.9 Å². The van der Waals surface area contributed by atoms with Gasteiger partial charge in [-0.3, -0.25) is 4.68 Å². The summed E-state index contributed by atoms with van der Waals surface area (Å²) in [5.74, 6) is -0.912. The molecule has 1 aromatic carbocycles. The fraction of sp³-hybridized carbons (Fsp3) is 0.0769. The number of H-pyrrole nitrogens is 1. The second-order valence-electron chi connectivity index (χ2n) is 4.27. The highest BCUT2D eigenvalue weighted by molar-refractivity contribution is 5.91. The van der Waals surface area contributed by atoms with Crippen LogP contribution in [0.2, 0.25) is 0 Å². The lowest BCUT2D eigenvalue weighted by Crippen LogP contribution is -1.99. The van der Waals surface area contributed by atoms with Gasteiger partial charge in [-0.25, -0.2) is 4.79 Å². The van der Waals surface area contributed by atoms with Gasteiger partial charge in [0.05, 0.1) is 16.9 Å². The molecule has 6 heteroatoms. The van der Waals surface area contributed by atoms with Crippen LogP contribution < -0.4 is 0 Å². The summed E-state index contributed by atoms with van der Waals surface area (Å²) in [7, 11) is 1.67. The van der Waals surface area contributed by atoms with Crippen LogP contribution in [0.1, 0.15) is 10.5 Å². The maximum absolute atomic E-state index is 10.9. The van der Waals surface area contributed by atoms with Crippen LogP contribution in [0.25, 0.3) is 22.3 Å². The first-order valence-electron chi connectivity index (χ1n) is 5.64. The lowest BCUT2D eigenvalue weighted by atomic mass is 10.2. The molecule has 96 valence electrons. The number of aromatic amines is 1. The molecule has 2 heterocycles. The van der Waals surface area contributed by atoms with Crippen molar-refractivity contribution < 1.29 is 15.0 Å². The maximum Gasteiger partial charge on any atom is 0.356 e. The Bertz CT molecular complexity index is 786. The van der Waals surface area contributed by atoms with Crippen LogP contribution >= 0.6 is 0 Å². The van der Waals surface area contributed by atoms with Crippen molar-refractivity contribution in [3.63, 3.8) is 0 Å². The molecular formula is C13H11N3O3. The van der Waals surface area contributed by atoms with E-state index in [0.717, 1.165) is 5.39 Å². The van der Waals surface area contributed by atoms with Gasteiger partial charge < -0.3 is 15.2 Å². The Kier molecular flexibility index (Phi) is 2.31. The number of aromatic nitrogens is 3. The summed E-state index contributed by atoms with van der Waals surface area (Å²) in [6.45, 7) is 0. The monoisotopic (exact) mass is 257 g/mol. The minimum Gasteiger partial charge on any atom is -0.506 e. The third kappa shape index (κ3) is 1.74. The number of aryl methyl sites for hydroxylation is 1. The van der Waals surface area contributed by atoms with Gasteiger partial charge in [-0.2, -0.15) is 5.10 Å². The number of nitrogens with zero attached hydrogens (tertiary/aromatic N) is 2. The second kappa shape index (κ2) is 3.88. The fourth-order valence-corrected chi connectivity index (χ4v) is 2.10. The van der Waals surface area contributed by atoms with Gasteiger partial charge in [-0.05, 0) is 12.1 Å². The van der Waals surface area contributed by atoms with Crippen LogP contribution in [-0.4, -0.2) is 30.9 Å². The zero-order valence-electron chi connectivity index (χ0n) is 10.1. The molecule has 6 nitrogen and oxygen atoms in total. The summed E-state index contributed by atoms with van der Waals surface area (Å²) in [5, 5.41) is 23.4. The molecule has 0 saturated heterocycles. The van der Waals surface area contributed by atoms with Crippen molar-refractivity contribution in [2.75, 3.05) is 0 Å². The zero-order chi connectivity index (χ0) is 13.6. The SMILES string of the molecule is Cn1nc(C(=O)O)cc1-c1cc2cccc(O)c2[nH]1. The molecule has 0 fully saturated rings. The number of carboxylic acids is 1. The van der Waals surface area contributed by atoms with E-state index in [2.05, 4.69) is 10.1 Å². The van der Waals surface area contributed by atoms with Crippen LogP contribution in [0.15, 0.2) is 30.3 Å². The van der Waals surface area contributed by atoms with Crippen molar-refractivity contribution in [2.45, 2.75) is 0 Å². The summed E-state index contributed by atoms with van der Waals surface area (Å²) >= 11 is 0. The molecule has 3 N–H and O–H groups in total. The van der Waals surface area contributed by atoms with Crippen LogP contribution in [0.3, 0.4) is 0 Å². The first-order chi connectivity index (χ1) is 9.06. The van der Waals surface area contributed by atoms with E-state index in [-0.39, 0.29) is 11.4 Å². The third-order valence-electron chi connectivity index (χ3n) is 3.01. The smallest absolute Gasteiger partial charge is 0.356 e. The van der Waals surface area contributed by atoms with Gasteiger partial charge in [0.25, 0.3) is 0 Å². The quantitative estimate of drug-likeness (QED) is 0.654. The van der Waals surface area contributed by atoms with Crippen molar-refractivity contribution in [1.82, 2.24) is 14.8 Å². The van der Waals surface area contributed by atoms with Crippen molar-refractivity contribution in [1.29, 1.82) is 0 Å². The maximum atomic E-state index is 10.9. The van der Waals surface area contributed by atoms with E-state index in [1.807, 2.05) is 12.1 Å². The summed E-state index contributed by atoms with van der Waals surface area (Å²) in [6, 6.07) is 8.54. The zero-order valence-corrected chi connectivity index (χ0v) is 10.1. The fourth-order valence-electron chi connectivity index (χ4n) is 2.10. The largest absolute Gasteiger partial charge is 0.506 e. The Morgan fingerprint density at radius 1 is 1.37 bits per heavy atom. The van der Waals surface area contributed by atoms with E-state index in [1.165, 1.54) is 10.7 Å². The van der Waals surface area contributed by atoms with Gasteiger partial charge in [-0.15, -0.1) is 0 Å². The van der Waals surface area contributed by atoms with E-state index in [1.54, 1.807) is 19.2 Å². The number of para-hydroxylation sites is 1. The average molecular weight is 257 g/mol. The number of rotatable bonds is 2. The summed E-state index contributed by atoms with van der Waals surface area (Å²) in [6.07, 6.45) is 0. The van der Waals surface area contributed by atoms with Crippen molar-refractivity contribution in [3.05, 3.63) is 36.0 Å². The molecule has 0 aliphatic heterocycles. The van der Waals surface area contributed by atoms with Crippen LogP contribution in [0.4, 0.5) is 0 Å². The van der Waals surface area contributed by atoms with Gasteiger partial charge >= 0.3 is 5.97 Å². The number of carboxylic acid groups (broad SMARTS) is 1. The minimum atomic E-state index is -1.07. The normalized spacial score (nSPS) is 11.0. The highest BCUT2D eigenvalue weighted by atomic mass is 16.4. The van der Waals surface area contributed by atoms with Crippen LogP contribution in [0.5, 0.6) is 5.75 Å². The van der Waals surface area contributed by atoms with Gasteiger partial charge in [0.1, 0.15) is 5.75 Å². The van der Waals surface area contributed by atoms with E-state index in [9.17, 15) is 9.90 Å². The average Bonchev–Trinajstić information content (AvgIpc) is 2.93. The topological polar surface area (TPSA) is 91.1 Å². The van der Waals surface area contributed by atoms with E-state index in [4.69, 9.17) is 5.11 Å². The van der Waals surface area contributed by atoms with Gasteiger partial charge in [0, 0.05) is 18.5 Å². The van der Waals surface area contributed by atoms with E-state index < -0.39 is 5.97 Å². The van der Waals surface area contributed by atoms with Crippen LogP contribution in [-0.2, 0) is 7.05 Å². The molecule has 0 aliphatic rings. The Morgan fingerprint density at radius 2 is 2.16 bits per heavy atom. The molecule has 19 heavy (non-hydrogen) atoms. The van der Waals surface area contributed by atoms with E-state index >= 15 is 0 Å². The molecule has 0 saturated carbocycles. The third-order valence-corrected chi connectivity index (χ3v) is 3.01. The number of phenols is 1. The Hall–Kier alpha value is -2.76. The number of aromatic carboxylic acids is 1. The standard InChI is InChI=1S/C13H11N3O3/c1-16-10(6-9(15-16)13(18)19)8-5-7-3-2-4-11(17)12(7)14-8/h2-6,14,17H,1H3,(H,18,19). The van der Waals surface area contributed by atoms with Gasteiger partial charge in [-0.1, -0.05) is 12.1 Å². The Balaban J connectivity index is 2.19. The predicted octanol–water partition coefficient (Wildman–Crippen LogP) is 1.97. The Labute approximate surface area is 107 Å². The molecule has 3 aromatic rings.